The van der Waals surface area contributed by atoms with Gasteiger partial charge in [-0.15, -0.1) is 0 Å². The van der Waals surface area contributed by atoms with Crippen molar-refractivity contribution in [2.75, 3.05) is 5.32 Å². The number of anilines is 1. The molecule has 3 unspecified atom stereocenters. The van der Waals surface area contributed by atoms with Crippen molar-refractivity contribution in [1.82, 2.24) is 4.57 Å². The van der Waals surface area contributed by atoms with E-state index in [2.05, 4.69) is 89.3 Å². The highest BCUT2D eigenvalue weighted by Crippen LogP contribution is 2.55. The smallest absolute Gasteiger partial charge is 0.176 e. The lowest BCUT2D eigenvalue weighted by Gasteiger charge is -2.26. The zero-order valence-corrected chi connectivity index (χ0v) is 26.1. The van der Waals surface area contributed by atoms with E-state index >= 15 is 0 Å². The van der Waals surface area contributed by atoms with Crippen molar-refractivity contribution >= 4 is 40.2 Å². The van der Waals surface area contributed by atoms with Gasteiger partial charge in [0.05, 0.1) is 11.4 Å². The molecular weight excluding hydrogens is 566 g/mol. The molecule has 0 saturated carbocycles. The van der Waals surface area contributed by atoms with Crippen LogP contribution in [-0.4, -0.2) is 10.3 Å². The molecule has 0 amide bonds. The number of rotatable bonds is 5. The Morgan fingerprint density at radius 3 is 2.83 bits per heavy atom. The normalized spacial score (nSPS) is 22.5. The summed E-state index contributed by atoms with van der Waals surface area (Å²) in [6, 6.07) is 14.8. The highest BCUT2D eigenvalue weighted by atomic mass is 16.5. The van der Waals surface area contributed by atoms with E-state index in [4.69, 9.17) is 14.1 Å². The number of aliphatic imine (C=N–C) groups is 1. The lowest BCUT2D eigenvalue weighted by atomic mass is 9.85. The van der Waals surface area contributed by atoms with Crippen LogP contribution < -0.4 is 10.1 Å². The maximum Gasteiger partial charge on any atom is 0.176 e. The first-order valence-corrected chi connectivity index (χ1v) is 16.7. The molecule has 2 aromatic heterocycles. The van der Waals surface area contributed by atoms with Gasteiger partial charge in [-0.25, -0.2) is 0 Å². The van der Waals surface area contributed by atoms with Crippen molar-refractivity contribution in [2.24, 2.45) is 4.99 Å². The van der Waals surface area contributed by atoms with Crippen LogP contribution in [0, 0.1) is 0 Å². The van der Waals surface area contributed by atoms with Crippen LogP contribution in [0.1, 0.15) is 96.6 Å². The Morgan fingerprint density at radius 2 is 1.93 bits per heavy atom. The van der Waals surface area contributed by atoms with Gasteiger partial charge in [0, 0.05) is 39.4 Å². The van der Waals surface area contributed by atoms with E-state index in [0.717, 1.165) is 70.8 Å². The Morgan fingerprint density at radius 1 is 1.02 bits per heavy atom. The van der Waals surface area contributed by atoms with Crippen molar-refractivity contribution in [3.63, 3.8) is 0 Å². The predicted octanol–water partition coefficient (Wildman–Crippen LogP) is 10.5. The van der Waals surface area contributed by atoms with Crippen molar-refractivity contribution in [3.05, 3.63) is 137 Å². The molecule has 4 heterocycles. The summed E-state index contributed by atoms with van der Waals surface area (Å²) in [4.78, 5) is 5.39. The summed E-state index contributed by atoms with van der Waals surface area (Å²) in [6.45, 7) is 6.55. The molecule has 3 atom stereocenters. The van der Waals surface area contributed by atoms with Crippen LogP contribution >= 0.6 is 0 Å². The lowest BCUT2D eigenvalue weighted by Crippen LogP contribution is -2.21. The third-order valence-electron chi connectivity index (χ3n) is 10.1. The SMILES string of the molecule is C=C(C=CC=CC)n1c2c(c3c1C1Oc4c(C5N=C(C6=CCCCC6)c6oc7ccccc7c6N5)cccc4C1C=C3)CCC=C2. The van der Waals surface area contributed by atoms with Crippen LogP contribution in [0.4, 0.5) is 5.69 Å². The quantitative estimate of drug-likeness (QED) is 0.231. The summed E-state index contributed by atoms with van der Waals surface area (Å²) < 4.78 is 15.9. The molecule has 1 N–H and O–H groups in total. The molecule has 2 aliphatic heterocycles. The second-order valence-corrected chi connectivity index (χ2v) is 12.8. The number of hydrogen-bond donors (Lipinski definition) is 1. The van der Waals surface area contributed by atoms with Gasteiger partial charge in [0.15, 0.2) is 5.76 Å². The van der Waals surface area contributed by atoms with Crippen LogP contribution in [0.2, 0.25) is 0 Å². The van der Waals surface area contributed by atoms with E-state index in [9.17, 15) is 0 Å². The molecule has 0 spiro atoms. The first-order valence-electron chi connectivity index (χ1n) is 16.7. The van der Waals surface area contributed by atoms with Gasteiger partial charge < -0.3 is 19.0 Å². The summed E-state index contributed by atoms with van der Waals surface area (Å²) in [6.07, 6.45) is 25.9. The average Bonchev–Trinajstić information content (AvgIpc) is 3.78. The average molecular weight is 604 g/mol. The summed E-state index contributed by atoms with van der Waals surface area (Å²) in [5, 5.41) is 4.87. The molecule has 0 fully saturated rings. The van der Waals surface area contributed by atoms with Gasteiger partial charge in [-0.05, 0) is 80.9 Å². The number of para-hydroxylation sites is 2. The molecule has 4 aromatic rings. The first-order chi connectivity index (χ1) is 22.7. The molecule has 2 aromatic carbocycles. The summed E-state index contributed by atoms with van der Waals surface area (Å²) in [7, 11) is 0. The number of nitrogens with zero attached hydrogens (tertiary/aromatic N) is 2. The Labute approximate surface area is 269 Å². The molecule has 0 bridgehead atoms. The summed E-state index contributed by atoms with van der Waals surface area (Å²) >= 11 is 0. The van der Waals surface area contributed by atoms with Crippen LogP contribution in [0.25, 0.3) is 28.8 Å². The predicted molar refractivity (Wildman–Crippen MR) is 188 cm³/mol. The molecule has 228 valence electrons. The number of nitrogens with one attached hydrogen (secondary N) is 1. The number of allylic oxidation sites excluding steroid dienone is 8. The van der Waals surface area contributed by atoms with Gasteiger partial charge in [-0.3, -0.25) is 4.99 Å². The second-order valence-electron chi connectivity index (χ2n) is 12.8. The molecule has 3 aliphatic carbocycles. The molecule has 0 radical (unpaired) electrons. The maximum absolute atomic E-state index is 7.13. The molecule has 5 nitrogen and oxygen atoms in total. The van der Waals surface area contributed by atoms with Crippen LogP contribution in [0.3, 0.4) is 0 Å². The number of aromatic nitrogens is 1. The minimum absolute atomic E-state index is 0.104. The van der Waals surface area contributed by atoms with E-state index in [1.165, 1.54) is 46.5 Å². The van der Waals surface area contributed by atoms with Gasteiger partial charge in [0.25, 0.3) is 0 Å². The van der Waals surface area contributed by atoms with Crippen LogP contribution in [0.5, 0.6) is 5.75 Å². The van der Waals surface area contributed by atoms with Gasteiger partial charge in [-0.1, -0.05) is 79.4 Å². The fourth-order valence-electron chi connectivity index (χ4n) is 7.99. The molecule has 9 rings (SSSR count). The third-order valence-corrected chi connectivity index (χ3v) is 10.1. The first kappa shape index (κ1) is 27.3. The Kier molecular flexibility index (Phi) is 6.41. The minimum atomic E-state index is -0.300. The Balaban J connectivity index is 1.16. The fourth-order valence-corrected chi connectivity index (χ4v) is 7.99. The van der Waals surface area contributed by atoms with E-state index < -0.39 is 0 Å². The monoisotopic (exact) mass is 603 g/mol. The minimum Gasteiger partial charge on any atom is -0.482 e. The molecule has 5 heteroatoms. The number of ether oxygens (including phenoxy) is 1. The van der Waals surface area contributed by atoms with Gasteiger partial charge in [-0.2, -0.15) is 0 Å². The zero-order chi connectivity index (χ0) is 30.8. The number of benzene rings is 2. The number of furan rings is 1. The molecule has 46 heavy (non-hydrogen) atoms. The van der Waals surface area contributed by atoms with E-state index in [1.54, 1.807) is 0 Å². The van der Waals surface area contributed by atoms with Gasteiger partial charge >= 0.3 is 0 Å². The fraction of sp³-hybridized carbons (Fsp3) is 0.244. The molecule has 5 aliphatic rings. The van der Waals surface area contributed by atoms with Crippen LogP contribution in [-0.2, 0) is 6.42 Å². The topological polar surface area (TPSA) is 51.7 Å². The second kappa shape index (κ2) is 10.8. The maximum atomic E-state index is 7.13. The van der Waals surface area contributed by atoms with Crippen molar-refractivity contribution in [3.8, 4) is 5.75 Å². The van der Waals surface area contributed by atoms with Crippen LogP contribution in [0.15, 0.2) is 107 Å². The van der Waals surface area contributed by atoms with Gasteiger partial charge in [0.1, 0.15) is 29.3 Å². The standard InChI is InChI=1S/C41H37N3O2/c1-3-4-6-14-25(2)44-33-21-11-9-17-27(33)28-23-24-30-29-19-13-20-32(38(29)46-39(30)37(28)44)41-42-35(26-15-7-5-8-16-26)40-36(43-41)31-18-10-12-22-34(31)45-40/h3-4,6,10-15,18-24,30,39,41,43H,2,5,7-9,16-17H2,1H3. The lowest BCUT2D eigenvalue weighted by molar-refractivity contribution is 0.214. The van der Waals surface area contributed by atoms with E-state index in [1.807, 2.05) is 31.2 Å². The number of hydrogen-bond acceptors (Lipinski definition) is 4. The van der Waals surface area contributed by atoms with Crippen molar-refractivity contribution in [2.45, 2.75) is 63.6 Å². The van der Waals surface area contributed by atoms with Crippen molar-refractivity contribution in [1.29, 1.82) is 0 Å². The number of fused-ring (bicyclic) bond motifs is 10. The third kappa shape index (κ3) is 4.11. The molecule has 0 saturated heterocycles. The van der Waals surface area contributed by atoms with Crippen molar-refractivity contribution < 1.29 is 9.15 Å². The summed E-state index contributed by atoms with van der Waals surface area (Å²) in [5.41, 5.74) is 12.4. The van der Waals surface area contributed by atoms with E-state index in [0.29, 0.717) is 0 Å². The van der Waals surface area contributed by atoms with E-state index in [-0.39, 0.29) is 18.2 Å². The molecular formula is C41H37N3O2. The Bertz CT molecular complexity index is 2110. The van der Waals surface area contributed by atoms with Gasteiger partial charge in [0.2, 0.25) is 0 Å². The zero-order valence-electron chi connectivity index (χ0n) is 26.1. The highest BCUT2D eigenvalue weighted by Gasteiger charge is 2.43. The Hall–Kier alpha value is -5.03. The largest absolute Gasteiger partial charge is 0.482 e. The highest BCUT2D eigenvalue weighted by molar-refractivity contribution is 6.18. The summed E-state index contributed by atoms with van der Waals surface area (Å²) in [5.74, 6) is 1.88.